The quantitative estimate of drug-likeness (QED) is 0.875. The summed E-state index contributed by atoms with van der Waals surface area (Å²) in [5.74, 6) is -0.528. The first-order chi connectivity index (χ1) is 11.0. The van der Waals surface area contributed by atoms with Crippen LogP contribution >= 0.6 is 0 Å². The highest BCUT2D eigenvalue weighted by Crippen LogP contribution is 2.25. The number of carbonyl (C=O) groups is 2. The van der Waals surface area contributed by atoms with Gasteiger partial charge in [-0.1, -0.05) is 19.1 Å². The van der Waals surface area contributed by atoms with Crippen LogP contribution in [0.5, 0.6) is 5.75 Å². The number of aliphatic carboxylic acids is 1. The molecule has 126 valence electrons. The highest BCUT2D eigenvalue weighted by Gasteiger charge is 2.35. The zero-order valence-corrected chi connectivity index (χ0v) is 13.8. The first-order valence-electron chi connectivity index (χ1n) is 8.27. The van der Waals surface area contributed by atoms with Gasteiger partial charge in [-0.05, 0) is 43.9 Å². The molecule has 0 radical (unpaired) electrons. The number of ether oxygens (including phenoxy) is 1. The van der Waals surface area contributed by atoms with Gasteiger partial charge in [0.05, 0.1) is 18.9 Å². The molecule has 1 heterocycles. The van der Waals surface area contributed by atoms with Crippen molar-refractivity contribution in [2.75, 3.05) is 13.2 Å². The predicted octanol–water partition coefficient (Wildman–Crippen LogP) is 2.73. The minimum Gasteiger partial charge on any atom is -0.494 e. The van der Waals surface area contributed by atoms with Crippen LogP contribution in [-0.2, 0) is 16.0 Å². The van der Waals surface area contributed by atoms with Crippen molar-refractivity contribution in [2.45, 2.75) is 45.6 Å². The maximum atomic E-state index is 12.6. The zero-order chi connectivity index (χ0) is 16.8. The molecular weight excluding hydrogens is 294 g/mol. The molecule has 1 aliphatic heterocycles. The number of carbonyl (C=O) groups excluding carboxylic acids is 1. The molecule has 0 saturated carbocycles. The highest BCUT2D eigenvalue weighted by molar-refractivity contribution is 5.80. The van der Waals surface area contributed by atoms with Gasteiger partial charge in [-0.25, -0.2) is 0 Å². The second kappa shape index (κ2) is 7.99. The molecule has 0 aliphatic carbocycles. The topological polar surface area (TPSA) is 66.8 Å². The Morgan fingerprint density at radius 3 is 2.87 bits per heavy atom. The van der Waals surface area contributed by atoms with E-state index in [1.807, 2.05) is 38.1 Å². The Morgan fingerprint density at radius 1 is 1.39 bits per heavy atom. The smallest absolute Gasteiger partial charge is 0.308 e. The summed E-state index contributed by atoms with van der Waals surface area (Å²) in [6.45, 7) is 5.16. The third-order valence-electron chi connectivity index (χ3n) is 4.35. The molecule has 2 atom stereocenters. The maximum Gasteiger partial charge on any atom is 0.308 e. The van der Waals surface area contributed by atoms with Crippen molar-refractivity contribution >= 4 is 11.9 Å². The minimum absolute atomic E-state index is 0.0175. The number of amides is 1. The molecule has 1 aromatic rings. The third kappa shape index (κ3) is 4.47. The maximum absolute atomic E-state index is 12.6. The second-order valence-corrected chi connectivity index (χ2v) is 6.09. The average Bonchev–Trinajstić information content (AvgIpc) is 2.53. The standard InChI is InChI=1S/C18H25NO4/c1-3-10-23-15-7-4-6-14(11-15)12-17(20)19-9-5-8-16(13(19)2)18(21)22/h4,6-7,11,13,16H,3,5,8-10,12H2,1-2H3,(H,21,22)/t13-,16-/m0/s1. The molecule has 23 heavy (non-hydrogen) atoms. The van der Waals surface area contributed by atoms with Crippen LogP contribution in [0.1, 0.15) is 38.7 Å². The molecule has 2 rings (SSSR count). The van der Waals surface area contributed by atoms with Crippen LogP contribution in [0.3, 0.4) is 0 Å². The number of rotatable bonds is 6. The summed E-state index contributed by atoms with van der Waals surface area (Å²) in [4.78, 5) is 25.6. The van der Waals surface area contributed by atoms with Crippen molar-refractivity contribution in [3.63, 3.8) is 0 Å². The summed E-state index contributed by atoms with van der Waals surface area (Å²) in [6, 6.07) is 7.30. The van der Waals surface area contributed by atoms with E-state index in [1.165, 1.54) is 0 Å². The number of nitrogens with zero attached hydrogens (tertiary/aromatic N) is 1. The predicted molar refractivity (Wildman–Crippen MR) is 87.5 cm³/mol. The summed E-state index contributed by atoms with van der Waals surface area (Å²) >= 11 is 0. The highest BCUT2D eigenvalue weighted by atomic mass is 16.5. The summed E-state index contributed by atoms with van der Waals surface area (Å²) in [6.07, 6.45) is 2.60. The molecule has 0 spiro atoms. The van der Waals surface area contributed by atoms with Crippen molar-refractivity contribution in [1.82, 2.24) is 4.90 Å². The molecule has 1 N–H and O–H groups in total. The van der Waals surface area contributed by atoms with E-state index in [4.69, 9.17) is 4.74 Å². The van der Waals surface area contributed by atoms with Crippen LogP contribution in [0.25, 0.3) is 0 Å². The number of benzene rings is 1. The van der Waals surface area contributed by atoms with E-state index < -0.39 is 11.9 Å². The molecule has 1 aliphatic rings. The van der Waals surface area contributed by atoms with Gasteiger partial charge in [-0.15, -0.1) is 0 Å². The number of carboxylic acids is 1. The number of piperidine rings is 1. The number of likely N-dealkylation sites (tertiary alicyclic amines) is 1. The molecule has 1 saturated heterocycles. The van der Waals surface area contributed by atoms with Gasteiger partial charge in [0.2, 0.25) is 5.91 Å². The largest absolute Gasteiger partial charge is 0.494 e. The molecule has 5 nitrogen and oxygen atoms in total. The van der Waals surface area contributed by atoms with E-state index in [0.29, 0.717) is 19.6 Å². The SMILES string of the molecule is CCCOc1cccc(CC(=O)N2CCC[C@H](C(=O)O)[C@@H]2C)c1. The molecule has 0 bridgehead atoms. The van der Waals surface area contributed by atoms with Crippen molar-refractivity contribution in [3.05, 3.63) is 29.8 Å². The lowest BCUT2D eigenvalue weighted by Gasteiger charge is -2.37. The molecule has 1 amide bonds. The van der Waals surface area contributed by atoms with Crippen LogP contribution in [0.2, 0.25) is 0 Å². The lowest BCUT2D eigenvalue weighted by molar-refractivity contribution is -0.148. The summed E-state index contributed by atoms with van der Waals surface area (Å²) in [5, 5.41) is 9.26. The Bertz CT molecular complexity index is 558. The normalized spacial score (nSPS) is 21.0. The van der Waals surface area contributed by atoms with Gasteiger partial charge in [0, 0.05) is 12.6 Å². The third-order valence-corrected chi connectivity index (χ3v) is 4.35. The van der Waals surface area contributed by atoms with Gasteiger partial charge < -0.3 is 14.7 Å². The summed E-state index contributed by atoms with van der Waals surface area (Å²) in [7, 11) is 0. The van der Waals surface area contributed by atoms with Gasteiger partial charge in [0.1, 0.15) is 5.75 Å². The van der Waals surface area contributed by atoms with E-state index in [9.17, 15) is 14.7 Å². The van der Waals surface area contributed by atoms with Crippen LogP contribution in [-0.4, -0.2) is 41.1 Å². The molecule has 0 aromatic heterocycles. The van der Waals surface area contributed by atoms with E-state index in [-0.39, 0.29) is 18.4 Å². The van der Waals surface area contributed by atoms with Gasteiger partial charge >= 0.3 is 5.97 Å². The number of hydrogen-bond donors (Lipinski definition) is 1. The Kier molecular flexibility index (Phi) is 6.02. The lowest BCUT2D eigenvalue weighted by Crippen LogP contribution is -2.49. The van der Waals surface area contributed by atoms with Gasteiger partial charge in [-0.3, -0.25) is 9.59 Å². The molecular formula is C18H25NO4. The Labute approximate surface area is 137 Å². The Balaban J connectivity index is 2.02. The monoisotopic (exact) mass is 319 g/mol. The molecule has 5 heteroatoms. The molecule has 1 fully saturated rings. The fourth-order valence-corrected chi connectivity index (χ4v) is 3.07. The average molecular weight is 319 g/mol. The first-order valence-corrected chi connectivity index (χ1v) is 8.27. The summed E-state index contributed by atoms with van der Waals surface area (Å²) < 4.78 is 5.59. The van der Waals surface area contributed by atoms with Gasteiger partial charge in [0.15, 0.2) is 0 Å². The summed E-state index contributed by atoms with van der Waals surface area (Å²) in [5.41, 5.74) is 0.897. The van der Waals surface area contributed by atoms with Crippen molar-refractivity contribution in [2.24, 2.45) is 5.92 Å². The first kappa shape index (κ1) is 17.3. The minimum atomic E-state index is -0.815. The van der Waals surface area contributed by atoms with Crippen LogP contribution in [0, 0.1) is 5.92 Å². The Morgan fingerprint density at radius 2 is 2.17 bits per heavy atom. The van der Waals surface area contributed by atoms with Crippen molar-refractivity contribution in [3.8, 4) is 5.75 Å². The zero-order valence-electron chi connectivity index (χ0n) is 13.8. The van der Waals surface area contributed by atoms with Crippen LogP contribution in [0.4, 0.5) is 0 Å². The van der Waals surface area contributed by atoms with Gasteiger partial charge in [0.25, 0.3) is 0 Å². The Hall–Kier alpha value is -2.04. The van der Waals surface area contributed by atoms with E-state index >= 15 is 0 Å². The lowest BCUT2D eigenvalue weighted by atomic mass is 9.90. The fourth-order valence-electron chi connectivity index (χ4n) is 3.07. The van der Waals surface area contributed by atoms with Crippen molar-refractivity contribution in [1.29, 1.82) is 0 Å². The van der Waals surface area contributed by atoms with E-state index in [1.54, 1.807) is 4.90 Å². The fraction of sp³-hybridized carbons (Fsp3) is 0.556. The second-order valence-electron chi connectivity index (χ2n) is 6.09. The molecule has 0 unspecified atom stereocenters. The number of hydrogen-bond acceptors (Lipinski definition) is 3. The van der Waals surface area contributed by atoms with E-state index in [0.717, 1.165) is 24.2 Å². The van der Waals surface area contributed by atoms with Crippen LogP contribution in [0.15, 0.2) is 24.3 Å². The van der Waals surface area contributed by atoms with E-state index in [2.05, 4.69) is 0 Å². The van der Waals surface area contributed by atoms with Crippen LogP contribution < -0.4 is 4.74 Å². The van der Waals surface area contributed by atoms with Gasteiger partial charge in [-0.2, -0.15) is 0 Å². The van der Waals surface area contributed by atoms with Crippen molar-refractivity contribution < 1.29 is 19.4 Å². The number of carboxylic acid groups (broad SMARTS) is 1. The molecule has 1 aromatic carbocycles.